The summed E-state index contributed by atoms with van der Waals surface area (Å²) in [5.41, 5.74) is 0. The van der Waals surface area contributed by atoms with Gasteiger partial charge in [-0.3, -0.25) is 0 Å². The molecular weight excluding hydrogens is 216 g/mol. The second-order valence-corrected chi connectivity index (χ2v) is 3.88. The van der Waals surface area contributed by atoms with Crippen LogP contribution in [0.15, 0.2) is 12.4 Å². The molecule has 0 saturated carbocycles. The van der Waals surface area contributed by atoms with Gasteiger partial charge in [-0.25, -0.2) is 9.97 Å². The number of rotatable bonds is 9. The highest BCUT2D eigenvalue weighted by Gasteiger charge is 1.96. The minimum Gasteiger partial charge on any atom is -0.396 e. The second kappa shape index (κ2) is 8.75. The molecule has 0 aliphatic rings. The van der Waals surface area contributed by atoms with E-state index in [-0.39, 0.29) is 0 Å². The number of nitrogens with zero attached hydrogens (tertiary/aromatic N) is 2. The monoisotopic (exact) mass is 238 g/mol. The molecule has 0 atom stereocenters. The fraction of sp³-hybridized carbons (Fsp3) is 0.667. The smallest absolute Gasteiger partial charge is 0.131 e. The van der Waals surface area contributed by atoms with E-state index in [0.29, 0.717) is 6.61 Å². The number of nitrogens with one attached hydrogen (secondary N) is 2. The zero-order valence-corrected chi connectivity index (χ0v) is 10.4. The van der Waals surface area contributed by atoms with Crippen molar-refractivity contribution in [2.75, 3.05) is 30.3 Å². The van der Waals surface area contributed by atoms with Gasteiger partial charge in [-0.1, -0.05) is 12.8 Å². The molecule has 5 heteroatoms. The van der Waals surface area contributed by atoms with E-state index in [1.165, 1.54) is 0 Å². The Morgan fingerprint density at radius 3 is 2.47 bits per heavy atom. The third-order valence-electron chi connectivity index (χ3n) is 2.42. The Morgan fingerprint density at radius 2 is 1.76 bits per heavy atom. The number of aliphatic hydroxyl groups is 1. The van der Waals surface area contributed by atoms with Crippen molar-refractivity contribution in [3.05, 3.63) is 12.4 Å². The van der Waals surface area contributed by atoms with Crippen molar-refractivity contribution < 1.29 is 5.11 Å². The van der Waals surface area contributed by atoms with Gasteiger partial charge in [-0.2, -0.15) is 0 Å². The first-order valence-electron chi connectivity index (χ1n) is 6.27. The molecule has 0 aliphatic heterocycles. The maximum atomic E-state index is 8.64. The molecule has 0 bridgehead atoms. The van der Waals surface area contributed by atoms with Crippen molar-refractivity contribution >= 4 is 11.6 Å². The van der Waals surface area contributed by atoms with Gasteiger partial charge in [0.25, 0.3) is 0 Å². The van der Waals surface area contributed by atoms with E-state index in [1.54, 1.807) is 6.33 Å². The predicted octanol–water partition coefficient (Wildman–Crippen LogP) is 1.87. The Hall–Kier alpha value is -1.36. The third-order valence-corrected chi connectivity index (χ3v) is 2.42. The molecule has 0 fully saturated rings. The lowest BCUT2D eigenvalue weighted by Crippen LogP contribution is -2.05. The van der Waals surface area contributed by atoms with Crippen LogP contribution < -0.4 is 10.6 Å². The largest absolute Gasteiger partial charge is 0.396 e. The summed E-state index contributed by atoms with van der Waals surface area (Å²) in [4.78, 5) is 8.26. The maximum absolute atomic E-state index is 8.64. The minimum absolute atomic E-state index is 0.297. The van der Waals surface area contributed by atoms with E-state index in [4.69, 9.17) is 5.11 Å². The highest BCUT2D eigenvalue weighted by atomic mass is 16.2. The van der Waals surface area contributed by atoms with Crippen LogP contribution in [-0.4, -0.2) is 34.8 Å². The van der Waals surface area contributed by atoms with Crippen LogP contribution in [0.4, 0.5) is 11.6 Å². The van der Waals surface area contributed by atoms with Crippen molar-refractivity contribution in [1.29, 1.82) is 0 Å². The Bertz CT molecular complexity index is 306. The van der Waals surface area contributed by atoms with E-state index < -0.39 is 0 Å². The van der Waals surface area contributed by atoms with Gasteiger partial charge in [-0.05, 0) is 19.8 Å². The summed E-state index contributed by atoms with van der Waals surface area (Å²) in [7, 11) is 0. The van der Waals surface area contributed by atoms with Crippen LogP contribution in [0.3, 0.4) is 0 Å². The number of aliphatic hydroxyl groups excluding tert-OH is 1. The molecule has 1 aromatic heterocycles. The molecule has 0 aromatic carbocycles. The summed E-state index contributed by atoms with van der Waals surface area (Å²) in [6.07, 6.45) is 5.79. The van der Waals surface area contributed by atoms with E-state index in [0.717, 1.165) is 50.4 Å². The normalized spacial score (nSPS) is 10.2. The number of anilines is 2. The van der Waals surface area contributed by atoms with Gasteiger partial charge in [0.1, 0.15) is 18.0 Å². The van der Waals surface area contributed by atoms with E-state index in [2.05, 4.69) is 20.6 Å². The van der Waals surface area contributed by atoms with Crippen LogP contribution in [0, 0.1) is 0 Å². The summed E-state index contributed by atoms with van der Waals surface area (Å²) in [5.74, 6) is 1.71. The molecule has 0 radical (unpaired) electrons. The Kier molecular flexibility index (Phi) is 7.06. The summed E-state index contributed by atoms with van der Waals surface area (Å²) in [6, 6.07) is 1.91. The van der Waals surface area contributed by atoms with E-state index in [9.17, 15) is 0 Å². The zero-order valence-electron chi connectivity index (χ0n) is 10.4. The molecule has 3 N–H and O–H groups in total. The van der Waals surface area contributed by atoms with E-state index >= 15 is 0 Å². The Morgan fingerprint density at radius 1 is 1.06 bits per heavy atom. The summed E-state index contributed by atoms with van der Waals surface area (Å²) < 4.78 is 0. The topological polar surface area (TPSA) is 70.1 Å². The van der Waals surface area contributed by atoms with Gasteiger partial charge in [0.15, 0.2) is 0 Å². The second-order valence-electron chi connectivity index (χ2n) is 3.88. The molecule has 96 valence electrons. The summed E-state index contributed by atoms with van der Waals surface area (Å²) in [6.45, 7) is 4.10. The predicted molar refractivity (Wildman–Crippen MR) is 70.2 cm³/mol. The van der Waals surface area contributed by atoms with Gasteiger partial charge < -0.3 is 15.7 Å². The van der Waals surface area contributed by atoms with Crippen LogP contribution >= 0.6 is 0 Å². The lowest BCUT2D eigenvalue weighted by atomic mass is 10.2. The maximum Gasteiger partial charge on any atom is 0.131 e. The van der Waals surface area contributed by atoms with Crippen LogP contribution in [0.2, 0.25) is 0 Å². The van der Waals surface area contributed by atoms with Crippen molar-refractivity contribution in [1.82, 2.24) is 9.97 Å². The van der Waals surface area contributed by atoms with E-state index in [1.807, 2.05) is 13.0 Å². The highest BCUT2D eigenvalue weighted by molar-refractivity contribution is 5.46. The average molecular weight is 238 g/mol. The molecule has 0 saturated heterocycles. The average Bonchev–Trinajstić information content (AvgIpc) is 2.35. The van der Waals surface area contributed by atoms with Gasteiger partial charge in [0.2, 0.25) is 0 Å². The molecule has 1 aromatic rings. The Labute approximate surface area is 103 Å². The van der Waals surface area contributed by atoms with Gasteiger partial charge >= 0.3 is 0 Å². The standard InChI is InChI=1S/C12H22N4O/c1-2-13-11-9-12(16-10-15-11)14-7-5-3-4-6-8-17/h9-10,17H,2-8H2,1H3,(H2,13,14,15,16). The Balaban J connectivity index is 2.19. The SMILES string of the molecule is CCNc1cc(NCCCCCCO)ncn1. The first-order chi connectivity index (χ1) is 8.36. The molecule has 1 rings (SSSR count). The summed E-state index contributed by atoms with van der Waals surface area (Å²) in [5, 5.41) is 15.1. The fourth-order valence-corrected chi connectivity index (χ4v) is 1.54. The molecule has 0 aliphatic carbocycles. The minimum atomic E-state index is 0.297. The molecule has 0 unspecified atom stereocenters. The summed E-state index contributed by atoms with van der Waals surface area (Å²) >= 11 is 0. The lowest BCUT2D eigenvalue weighted by Gasteiger charge is -2.07. The molecule has 0 amide bonds. The lowest BCUT2D eigenvalue weighted by molar-refractivity contribution is 0.283. The molecular formula is C12H22N4O. The molecule has 0 spiro atoms. The zero-order chi connectivity index (χ0) is 12.3. The van der Waals surface area contributed by atoms with Gasteiger partial charge in [0, 0.05) is 25.8 Å². The van der Waals surface area contributed by atoms with Crippen LogP contribution in [0.25, 0.3) is 0 Å². The van der Waals surface area contributed by atoms with Gasteiger partial charge in [-0.15, -0.1) is 0 Å². The van der Waals surface area contributed by atoms with Crippen molar-refractivity contribution in [2.45, 2.75) is 32.6 Å². The number of hydrogen-bond acceptors (Lipinski definition) is 5. The fourth-order valence-electron chi connectivity index (χ4n) is 1.54. The van der Waals surface area contributed by atoms with Crippen LogP contribution in [0.1, 0.15) is 32.6 Å². The molecule has 5 nitrogen and oxygen atoms in total. The highest BCUT2D eigenvalue weighted by Crippen LogP contribution is 2.08. The first-order valence-corrected chi connectivity index (χ1v) is 6.27. The van der Waals surface area contributed by atoms with Crippen LogP contribution in [-0.2, 0) is 0 Å². The molecule has 1 heterocycles. The molecule has 17 heavy (non-hydrogen) atoms. The third kappa shape index (κ3) is 6.06. The van der Waals surface area contributed by atoms with Crippen molar-refractivity contribution in [3.63, 3.8) is 0 Å². The van der Waals surface area contributed by atoms with Crippen molar-refractivity contribution in [2.24, 2.45) is 0 Å². The quantitative estimate of drug-likeness (QED) is 0.573. The number of unbranched alkanes of at least 4 members (excludes halogenated alkanes) is 3. The first kappa shape index (κ1) is 13.7. The number of aromatic nitrogens is 2. The van der Waals surface area contributed by atoms with Crippen LogP contribution in [0.5, 0.6) is 0 Å². The number of hydrogen-bond donors (Lipinski definition) is 3. The van der Waals surface area contributed by atoms with Gasteiger partial charge in [0.05, 0.1) is 0 Å². The van der Waals surface area contributed by atoms with Crippen molar-refractivity contribution in [3.8, 4) is 0 Å².